The third-order valence-corrected chi connectivity index (χ3v) is 8.22. The molecule has 38 heavy (non-hydrogen) atoms. The first kappa shape index (κ1) is 25.4. The average Bonchev–Trinajstić information content (AvgIpc) is 2.98. The lowest BCUT2D eigenvalue weighted by atomic mass is 10.1. The number of aromatic nitrogens is 4. The van der Waals surface area contributed by atoms with E-state index in [1.54, 1.807) is 0 Å². The Hall–Kier alpha value is -2.91. The maximum absolute atomic E-state index is 6.14. The second kappa shape index (κ2) is 11.9. The first-order chi connectivity index (χ1) is 18.7. The zero-order valence-electron chi connectivity index (χ0n) is 22.2. The molecule has 1 aromatic carbocycles. The van der Waals surface area contributed by atoms with Gasteiger partial charge in [-0.05, 0) is 62.8 Å². The van der Waals surface area contributed by atoms with Gasteiger partial charge in [0.15, 0.2) is 0 Å². The smallest absolute Gasteiger partial charge is 0.232 e. The normalized spacial score (nSPS) is 19.2. The second-order valence-corrected chi connectivity index (χ2v) is 11.0. The number of fused-ring (bicyclic) bond motifs is 1. The molecular weight excluding hydrogens is 498 g/mol. The lowest BCUT2D eigenvalue weighted by molar-refractivity contribution is 0.266. The van der Waals surface area contributed by atoms with Crippen LogP contribution in [-0.4, -0.2) is 90.3 Å². The number of nitrogens with zero attached hydrogens (tertiary/aromatic N) is 8. The van der Waals surface area contributed by atoms with Crippen LogP contribution in [0.3, 0.4) is 0 Å². The predicted octanol–water partition coefficient (Wildman–Crippen LogP) is 4.29. The third kappa shape index (κ3) is 5.89. The zero-order chi connectivity index (χ0) is 25.7. The van der Waals surface area contributed by atoms with Crippen molar-refractivity contribution in [3.8, 4) is 0 Å². The van der Waals surface area contributed by atoms with Crippen molar-refractivity contribution in [2.24, 2.45) is 0 Å². The number of piperazine rings is 1. The fraction of sp³-hybridized carbons (Fsp3) is 0.571. The Morgan fingerprint density at radius 2 is 1.26 bits per heavy atom. The summed E-state index contributed by atoms with van der Waals surface area (Å²) < 4.78 is 0. The number of halogens is 1. The largest absolute Gasteiger partial charge is 0.383 e. The topological polar surface area (TPSA) is 76.6 Å². The van der Waals surface area contributed by atoms with Crippen molar-refractivity contribution in [2.75, 3.05) is 85.5 Å². The van der Waals surface area contributed by atoms with Gasteiger partial charge in [-0.15, -0.1) is 0 Å². The molecule has 2 aromatic heterocycles. The molecule has 3 saturated heterocycles. The number of rotatable bonds is 7. The van der Waals surface area contributed by atoms with Crippen LogP contribution < -0.4 is 20.0 Å². The van der Waals surface area contributed by atoms with Crippen molar-refractivity contribution in [2.45, 2.75) is 38.5 Å². The fourth-order valence-corrected chi connectivity index (χ4v) is 5.92. The molecule has 0 aliphatic carbocycles. The number of piperidine rings is 2. The van der Waals surface area contributed by atoms with E-state index >= 15 is 0 Å². The summed E-state index contributed by atoms with van der Waals surface area (Å²) in [6.45, 7) is 9.90. The van der Waals surface area contributed by atoms with Gasteiger partial charge in [-0.2, -0.15) is 15.0 Å². The van der Waals surface area contributed by atoms with Crippen LogP contribution in [0.2, 0.25) is 5.02 Å². The monoisotopic (exact) mass is 535 g/mol. The quantitative estimate of drug-likeness (QED) is 0.476. The van der Waals surface area contributed by atoms with E-state index in [0.29, 0.717) is 5.02 Å². The van der Waals surface area contributed by atoms with Crippen LogP contribution in [-0.2, 0) is 0 Å². The average molecular weight is 536 g/mol. The highest BCUT2D eigenvalue weighted by Crippen LogP contribution is 2.26. The molecule has 1 N–H and O–H groups in total. The lowest BCUT2D eigenvalue weighted by Gasteiger charge is -2.36. The molecule has 3 fully saturated rings. The molecule has 10 heteroatoms. The van der Waals surface area contributed by atoms with E-state index in [-0.39, 0.29) is 0 Å². The standard InChI is InChI=1S/C28H38ClN9/c29-22-7-8-23-24(9-10-30-25(23)21-22)31-11-16-35-17-19-38(20-18-35)28-33-26(36-12-3-1-4-13-36)32-27(34-28)37-14-5-2-6-15-37/h7-10,21H,1-6,11-20H2,(H,30,31). The first-order valence-electron chi connectivity index (χ1n) is 14.2. The van der Waals surface area contributed by atoms with Gasteiger partial charge in [-0.25, -0.2) is 0 Å². The molecule has 6 rings (SSSR count). The van der Waals surface area contributed by atoms with Gasteiger partial charge in [0.25, 0.3) is 0 Å². The van der Waals surface area contributed by atoms with Crippen molar-refractivity contribution < 1.29 is 0 Å². The van der Waals surface area contributed by atoms with Crippen molar-refractivity contribution in [1.82, 2.24) is 24.8 Å². The molecule has 3 aliphatic heterocycles. The molecule has 5 heterocycles. The first-order valence-corrected chi connectivity index (χ1v) is 14.6. The van der Waals surface area contributed by atoms with Crippen LogP contribution in [0.15, 0.2) is 30.5 Å². The Bertz CT molecular complexity index is 1180. The van der Waals surface area contributed by atoms with E-state index in [1.165, 1.54) is 38.5 Å². The molecule has 3 aromatic rings. The van der Waals surface area contributed by atoms with E-state index in [2.05, 4.69) is 29.9 Å². The molecule has 202 valence electrons. The van der Waals surface area contributed by atoms with E-state index in [9.17, 15) is 0 Å². The van der Waals surface area contributed by atoms with E-state index in [4.69, 9.17) is 26.6 Å². The minimum atomic E-state index is 0.712. The number of hydrogen-bond acceptors (Lipinski definition) is 9. The van der Waals surface area contributed by atoms with Crippen molar-refractivity contribution in [3.05, 3.63) is 35.5 Å². The van der Waals surface area contributed by atoms with Gasteiger partial charge in [-0.1, -0.05) is 11.6 Å². The number of hydrogen-bond donors (Lipinski definition) is 1. The Kier molecular flexibility index (Phi) is 7.92. The minimum Gasteiger partial charge on any atom is -0.383 e. The second-order valence-electron chi connectivity index (χ2n) is 10.6. The molecular formula is C28H38ClN9. The summed E-state index contributed by atoms with van der Waals surface area (Å²) in [6.07, 6.45) is 9.31. The van der Waals surface area contributed by atoms with Crippen LogP contribution in [0.25, 0.3) is 10.9 Å². The third-order valence-electron chi connectivity index (χ3n) is 7.98. The van der Waals surface area contributed by atoms with Gasteiger partial charge in [0, 0.05) is 87.7 Å². The maximum atomic E-state index is 6.14. The SMILES string of the molecule is Clc1ccc2c(NCCN3CCN(c4nc(N5CCCCC5)nc(N5CCCCC5)n4)CC3)ccnc2c1. The molecule has 0 bridgehead atoms. The summed E-state index contributed by atoms with van der Waals surface area (Å²) in [6, 6.07) is 7.91. The van der Waals surface area contributed by atoms with Gasteiger partial charge in [-0.3, -0.25) is 9.88 Å². The number of anilines is 4. The highest BCUT2D eigenvalue weighted by atomic mass is 35.5. The summed E-state index contributed by atoms with van der Waals surface area (Å²) in [5.41, 5.74) is 2.02. The van der Waals surface area contributed by atoms with Crippen LogP contribution in [0.5, 0.6) is 0 Å². The molecule has 0 radical (unpaired) electrons. The van der Waals surface area contributed by atoms with Gasteiger partial charge in [0.05, 0.1) is 5.52 Å². The summed E-state index contributed by atoms with van der Waals surface area (Å²) in [5, 5.41) is 5.42. The number of benzene rings is 1. The Labute approximate surface area is 230 Å². The minimum absolute atomic E-state index is 0.712. The van der Waals surface area contributed by atoms with Gasteiger partial charge >= 0.3 is 0 Å². The lowest BCUT2D eigenvalue weighted by Crippen LogP contribution is -2.48. The summed E-state index contributed by atoms with van der Waals surface area (Å²) >= 11 is 6.14. The van der Waals surface area contributed by atoms with Gasteiger partial charge in [0.1, 0.15) is 0 Å². The summed E-state index contributed by atoms with van der Waals surface area (Å²) in [5.74, 6) is 2.58. The number of pyridine rings is 1. The number of nitrogens with one attached hydrogen (secondary N) is 1. The summed E-state index contributed by atoms with van der Waals surface area (Å²) in [7, 11) is 0. The van der Waals surface area contributed by atoms with Crippen LogP contribution >= 0.6 is 11.6 Å². The van der Waals surface area contributed by atoms with Crippen molar-refractivity contribution in [1.29, 1.82) is 0 Å². The summed E-state index contributed by atoms with van der Waals surface area (Å²) in [4.78, 5) is 29.0. The molecule has 0 atom stereocenters. The molecule has 9 nitrogen and oxygen atoms in total. The molecule has 0 spiro atoms. The fourth-order valence-electron chi connectivity index (χ4n) is 5.75. The predicted molar refractivity (Wildman–Crippen MR) is 156 cm³/mol. The molecule has 0 amide bonds. The van der Waals surface area contributed by atoms with Gasteiger partial charge in [0.2, 0.25) is 17.8 Å². The van der Waals surface area contributed by atoms with Crippen molar-refractivity contribution >= 4 is 46.0 Å². The van der Waals surface area contributed by atoms with E-state index < -0.39 is 0 Å². The highest BCUT2D eigenvalue weighted by molar-refractivity contribution is 6.31. The zero-order valence-corrected chi connectivity index (χ0v) is 22.9. The molecule has 3 aliphatic rings. The van der Waals surface area contributed by atoms with Crippen molar-refractivity contribution in [3.63, 3.8) is 0 Å². The van der Waals surface area contributed by atoms with E-state index in [0.717, 1.165) is 99.9 Å². The Morgan fingerprint density at radius 3 is 1.87 bits per heavy atom. The highest BCUT2D eigenvalue weighted by Gasteiger charge is 2.24. The van der Waals surface area contributed by atoms with Gasteiger partial charge < -0.3 is 20.0 Å². The Balaban J connectivity index is 1.08. The maximum Gasteiger partial charge on any atom is 0.232 e. The van der Waals surface area contributed by atoms with E-state index in [1.807, 2.05) is 30.5 Å². The molecule has 0 saturated carbocycles. The van der Waals surface area contributed by atoms with Crippen LogP contribution in [0.4, 0.5) is 23.5 Å². The molecule has 0 unspecified atom stereocenters. The van der Waals surface area contributed by atoms with Crippen LogP contribution in [0.1, 0.15) is 38.5 Å². The van der Waals surface area contributed by atoms with Crippen LogP contribution in [0, 0.1) is 0 Å². The Morgan fingerprint density at radius 1 is 0.684 bits per heavy atom.